The third kappa shape index (κ3) is 4.54. The van der Waals surface area contributed by atoms with Gasteiger partial charge in [-0.2, -0.15) is 0 Å². The van der Waals surface area contributed by atoms with Crippen LogP contribution in [0, 0.1) is 0 Å². The maximum atomic E-state index is 9.94. The molecule has 1 unspecified atom stereocenters. The van der Waals surface area contributed by atoms with Crippen LogP contribution in [0.2, 0.25) is 0 Å². The summed E-state index contributed by atoms with van der Waals surface area (Å²) in [6.07, 6.45) is 3.60. The van der Waals surface area contributed by atoms with Crippen molar-refractivity contribution in [3.05, 3.63) is 43.2 Å². The van der Waals surface area contributed by atoms with E-state index in [0.29, 0.717) is 0 Å². The van der Waals surface area contributed by atoms with Crippen molar-refractivity contribution in [3.63, 3.8) is 0 Å². The summed E-state index contributed by atoms with van der Waals surface area (Å²) >= 11 is 6.94. The van der Waals surface area contributed by atoms with Crippen molar-refractivity contribution in [1.82, 2.24) is 0 Å². The summed E-state index contributed by atoms with van der Waals surface area (Å²) in [7, 11) is 0. The van der Waals surface area contributed by atoms with Gasteiger partial charge in [0.15, 0.2) is 0 Å². The minimum absolute atomic E-state index is 0.208. The molecule has 0 amide bonds. The standard InChI is InChI=1S/C13H15BrOS2/c14-13-7-6-12(17-13)9-10(15)3-1-4-11-5-2-8-16-11/h2,5-8,10,15H,1,3-4,9H2. The van der Waals surface area contributed by atoms with Gasteiger partial charge in [-0.05, 0) is 58.8 Å². The van der Waals surface area contributed by atoms with E-state index in [1.54, 1.807) is 22.7 Å². The minimum atomic E-state index is -0.208. The molecule has 0 aliphatic rings. The van der Waals surface area contributed by atoms with E-state index in [2.05, 4.69) is 39.5 Å². The van der Waals surface area contributed by atoms with E-state index < -0.39 is 0 Å². The summed E-state index contributed by atoms with van der Waals surface area (Å²) in [4.78, 5) is 2.66. The van der Waals surface area contributed by atoms with Crippen LogP contribution in [0.25, 0.3) is 0 Å². The molecule has 0 aliphatic carbocycles. The average Bonchev–Trinajstić information content (AvgIpc) is 2.90. The molecule has 0 fully saturated rings. The van der Waals surface area contributed by atoms with Crippen molar-refractivity contribution in [3.8, 4) is 0 Å². The van der Waals surface area contributed by atoms with Gasteiger partial charge < -0.3 is 5.11 Å². The number of aliphatic hydroxyl groups is 1. The first kappa shape index (κ1) is 13.3. The van der Waals surface area contributed by atoms with Crippen LogP contribution in [-0.2, 0) is 12.8 Å². The Balaban J connectivity index is 1.69. The highest BCUT2D eigenvalue weighted by Crippen LogP contribution is 2.24. The highest BCUT2D eigenvalue weighted by molar-refractivity contribution is 9.11. The fraction of sp³-hybridized carbons (Fsp3) is 0.385. The van der Waals surface area contributed by atoms with E-state index in [9.17, 15) is 5.11 Å². The van der Waals surface area contributed by atoms with Gasteiger partial charge in [0.25, 0.3) is 0 Å². The molecule has 0 aliphatic heterocycles. The van der Waals surface area contributed by atoms with E-state index in [-0.39, 0.29) is 6.10 Å². The van der Waals surface area contributed by atoms with E-state index in [0.717, 1.165) is 29.5 Å². The van der Waals surface area contributed by atoms with Gasteiger partial charge in [0.2, 0.25) is 0 Å². The third-order valence-corrected chi connectivity index (χ3v) is 5.19. The van der Waals surface area contributed by atoms with Gasteiger partial charge >= 0.3 is 0 Å². The first-order valence-electron chi connectivity index (χ1n) is 5.68. The maximum Gasteiger partial charge on any atom is 0.0701 e. The molecule has 1 nitrogen and oxygen atoms in total. The molecule has 0 aromatic carbocycles. The molecule has 2 rings (SSSR count). The van der Waals surface area contributed by atoms with Crippen molar-refractivity contribution >= 4 is 38.6 Å². The normalized spacial score (nSPS) is 12.8. The van der Waals surface area contributed by atoms with Crippen molar-refractivity contribution in [1.29, 1.82) is 0 Å². The first-order valence-corrected chi connectivity index (χ1v) is 8.17. The lowest BCUT2D eigenvalue weighted by atomic mass is 10.1. The number of hydrogen-bond acceptors (Lipinski definition) is 3. The summed E-state index contributed by atoms with van der Waals surface area (Å²) in [6.45, 7) is 0. The average molecular weight is 331 g/mol. The number of rotatable bonds is 6. The van der Waals surface area contributed by atoms with E-state index in [1.165, 1.54) is 9.75 Å². The third-order valence-electron chi connectivity index (χ3n) is 2.61. The van der Waals surface area contributed by atoms with Crippen LogP contribution < -0.4 is 0 Å². The Labute approximate surface area is 118 Å². The van der Waals surface area contributed by atoms with Crippen LogP contribution in [0.4, 0.5) is 0 Å². The van der Waals surface area contributed by atoms with Crippen LogP contribution in [0.5, 0.6) is 0 Å². The molecule has 0 bridgehead atoms. The Morgan fingerprint density at radius 1 is 1.24 bits per heavy atom. The van der Waals surface area contributed by atoms with Crippen LogP contribution >= 0.6 is 38.6 Å². The lowest BCUT2D eigenvalue weighted by molar-refractivity contribution is 0.163. The van der Waals surface area contributed by atoms with Gasteiger partial charge in [-0.15, -0.1) is 22.7 Å². The van der Waals surface area contributed by atoms with Gasteiger partial charge in [-0.3, -0.25) is 0 Å². The van der Waals surface area contributed by atoms with Crippen LogP contribution in [0.1, 0.15) is 22.6 Å². The molecule has 0 spiro atoms. The Kier molecular flexibility index (Phi) is 5.22. The Hall–Kier alpha value is -0.160. The number of hydrogen-bond donors (Lipinski definition) is 1. The molecular weight excluding hydrogens is 316 g/mol. The molecule has 0 saturated carbocycles. The topological polar surface area (TPSA) is 20.2 Å². The predicted molar refractivity (Wildman–Crippen MR) is 79.0 cm³/mol. The molecule has 1 atom stereocenters. The lowest BCUT2D eigenvalue weighted by Gasteiger charge is -2.08. The molecule has 0 saturated heterocycles. The Bertz CT molecular complexity index is 436. The zero-order chi connectivity index (χ0) is 12.1. The minimum Gasteiger partial charge on any atom is -0.393 e. The molecule has 2 aromatic rings. The SMILES string of the molecule is OC(CCCc1cccs1)Cc1ccc(Br)s1. The molecule has 1 N–H and O–H groups in total. The fourth-order valence-corrected chi connectivity index (χ4v) is 4.07. The molecule has 0 radical (unpaired) electrons. The first-order chi connectivity index (χ1) is 8.24. The Morgan fingerprint density at radius 2 is 2.12 bits per heavy atom. The van der Waals surface area contributed by atoms with Gasteiger partial charge in [0.1, 0.15) is 0 Å². The summed E-state index contributed by atoms with van der Waals surface area (Å²) in [5.41, 5.74) is 0. The highest BCUT2D eigenvalue weighted by Gasteiger charge is 2.07. The van der Waals surface area contributed by atoms with Crippen molar-refractivity contribution in [2.75, 3.05) is 0 Å². The summed E-state index contributed by atoms with van der Waals surface area (Å²) in [5.74, 6) is 0. The van der Waals surface area contributed by atoms with Crippen LogP contribution in [0.15, 0.2) is 33.4 Å². The lowest BCUT2D eigenvalue weighted by Crippen LogP contribution is -2.09. The number of halogens is 1. The molecule has 2 heterocycles. The van der Waals surface area contributed by atoms with Gasteiger partial charge in [0, 0.05) is 16.2 Å². The molecule has 4 heteroatoms. The smallest absolute Gasteiger partial charge is 0.0701 e. The quantitative estimate of drug-likeness (QED) is 0.826. The molecular formula is C13H15BrOS2. The number of thiophene rings is 2. The molecule has 17 heavy (non-hydrogen) atoms. The molecule has 2 aromatic heterocycles. The highest BCUT2D eigenvalue weighted by atomic mass is 79.9. The van der Waals surface area contributed by atoms with Gasteiger partial charge in [-0.25, -0.2) is 0 Å². The van der Waals surface area contributed by atoms with Crippen molar-refractivity contribution in [2.24, 2.45) is 0 Å². The van der Waals surface area contributed by atoms with E-state index in [1.807, 2.05) is 6.07 Å². The van der Waals surface area contributed by atoms with Gasteiger partial charge in [-0.1, -0.05) is 6.07 Å². The summed E-state index contributed by atoms with van der Waals surface area (Å²) in [6, 6.07) is 8.36. The van der Waals surface area contributed by atoms with E-state index >= 15 is 0 Å². The second-order valence-electron chi connectivity index (χ2n) is 4.04. The zero-order valence-corrected chi connectivity index (χ0v) is 12.7. The van der Waals surface area contributed by atoms with Crippen molar-refractivity contribution < 1.29 is 5.11 Å². The zero-order valence-electron chi connectivity index (χ0n) is 9.43. The maximum absolute atomic E-state index is 9.94. The van der Waals surface area contributed by atoms with Crippen molar-refractivity contribution in [2.45, 2.75) is 31.8 Å². The largest absolute Gasteiger partial charge is 0.393 e. The Morgan fingerprint density at radius 3 is 2.76 bits per heavy atom. The fourth-order valence-electron chi connectivity index (χ4n) is 1.76. The predicted octanol–water partition coefficient (Wildman–Crippen LogP) is 4.50. The number of aryl methyl sites for hydroxylation is 1. The van der Waals surface area contributed by atoms with E-state index in [4.69, 9.17) is 0 Å². The monoisotopic (exact) mass is 330 g/mol. The second-order valence-corrected chi connectivity index (χ2v) is 7.62. The van der Waals surface area contributed by atoms with Gasteiger partial charge in [0.05, 0.1) is 9.89 Å². The molecule has 92 valence electrons. The summed E-state index contributed by atoms with van der Waals surface area (Å²) in [5, 5.41) is 12.0. The summed E-state index contributed by atoms with van der Waals surface area (Å²) < 4.78 is 1.14. The van der Waals surface area contributed by atoms with Crippen LogP contribution in [0.3, 0.4) is 0 Å². The number of aliphatic hydroxyl groups excluding tert-OH is 1. The second kappa shape index (κ2) is 6.69. The van der Waals surface area contributed by atoms with Crippen LogP contribution in [-0.4, -0.2) is 11.2 Å².